The molecule has 1 aromatic rings. The van der Waals surface area contributed by atoms with E-state index in [0.717, 1.165) is 6.42 Å². The standard InChI is InChI=1S/C17H28N2/c1-2-3-5-11-16(18)15-10-6-7-12-17(15)19-13-8-4-9-14-19/h6-7,10,12,16H,2-5,8-9,11,13-14,18H2,1H3. The first-order valence-corrected chi connectivity index (χ1v) is 7.92. The van der Waals surface area contributed by atoms with E-state index in [1.807, 2.05) is 0 Å². The Hall–Kier alpha value is -1.02. The summed E-state index contributed by atoms with van der Waals surface area (Å²) in [5.74, 6) is 0. The Labute approximate surface area is 118 Å². The summed E-state index contributed by atoms with van der Waals surface area (Å²) in [6, 6.07) is 8.94. The summed E-state index contributed by atoms with van der Waals surface area (Å²) in [6.07, 6.45) is 8.92. The predicted octanol–water partition coefficient (Wildman–Crippen LogP) is 4.26. The van der Waals surface area contributed by atoms with Crippen molar-refractivity contribution in [2.24, 2.45) is 5.73 Å². The smallest absolute Gasteiger partial charge is 0.0414 e. The maximum Gasteiger partial charge on any atom is 0.0414 e. The number of hydrogen-bond donors (Lipinski definition) is 1. The third kappa shape index (κ3) is 3.97. The van der Waals surface area contributed by atoms with E-state index in [1.165, 1.54) is 62.9 Å². The molecule has 1 unspecified atom stereocenters. The van der Waals surface area contributed by atoms with Crippen LogP contribution in [-0.4, -0.2) is 13.1 Å². The van der Waals surface area contributed by atoms with Crippen LogP contribution in [0.25, 0.3) is 0 Å². The maximum absolute atomic E-state index is 6.42. The van der Waals surface area contributed by atoms with Crippen LogP contribution in [0.5, 0.6) is 0 Å². The van der Waals surface area contributed by atoms with Crippen molar-refractivity contribution in [3.8, 4) is 0 Å². The molecule has 1 heterocycles. The summed E-state index contributed by atoms with van der Waals surface area (Å²) in [7, 11) is 0. The summed E-state index contributed by atoms with van der Waals surface area (Å²) in [6.45, 7) is 4.63. The minimum Gasteiger partial charge on any atom is -0.371 e. The van der Waals surface area contributed by atoms with Crippen molar-refractivity contribution >= 4 is 5.69 Å². The Kier molecular flexibility index (Phi) is 5.71. The highest BCUT2D eigenvalue weighted by atomic mass is 15.1. The zero-order chi connectivity index (χ0) is 13.5. The molecule has 1 fully saturated rings. The molecule has 1 saturated heterocycles. The number of benzene rings is 1. The fourth-order valence-corrected chi connectivity index (χ4v) is 2.99. The lowest BCUT2D eigenvalue weighted by Crippen LogP contribution is -2.31. The first-order chi connectivity index (χ1) is 9.33. The van der Waals surface area contributed by atoms with Gasteiger partial charge in [0.25, 0.3) is 0 Å². The van der Waals surface area contributed by atoms with Gasteiger partial charge >= 0.3 is 0 Å². The number of piperidine rings is 1. The van der Waals surface area contributed by atoms with Crippen molar-refractivity contribution in [1.29, 1.82) is 0 Å². The summed E-state index contributed by atoms with van der Waals surface area (Å²) in [5, 5.41) is 0. The molecule has 2 nitrogen and oxygen atoms in total. The second-order valence-corrected chi connectivity index (χ2v) is 5.71. The number of rotatable bonds is 6. The van der Waals surface area contributed by atoms with E-state index < -0.39 is 0 Å². The highest BCUT2D eigenvalue weighted by Gasteiger charge is 2.17. The Balaban J connectivity index is 2.06. The van der Waals surface area contributed by atoms with Gasteiger partial charge in [-0.3, -0.25) is 0 Å². The van der Waals surface area contributed by atoms with Crippen LogP contribution in [0, 0.1) is 0 Å². The van der Waals surface area contributed by atoms with Gasteiger partial charge in [-0.05, 0) is 37.3 Å². The minimum absolute atomic E-state index is 0.199. The first kappa shape index (κ1) is 14.4. The highest BCUT2D eigenvalue weighted by molar-refractivity contribution is 5.55. The first-order valence-electron chi connectivity index (χ1n) is 7.92. The van der Waals surface area contributed by atoms with Gasteiger partial charge in [0.2, 0.25) is 0 Å². The topological polar surface area (TPSA) is 29.3 Å². The lowest BCUT2D eigenvalue weighted by atomic mass is 9.98. The van der Waals surface area contributed by atoms with Gasteiger partial charge < -0.3 is 10.6 Å². The molecule has 0 radical (unpaired) electrons. The van der Waals surface area contributed by atoms with Gasteiger partial charge in [0.05, 0.1) is 0 Å². The van der Waals surface area contributed by atoms with Gasteiger partial charge in [-0.15, -0.1) is 0 Å². The molecule has 1 atom stereocenters. The number of anilines is 1. The molecular weight excluding hydrogens is 232 g/mol. The van der Waals surface area contributed by atoms with Crippen molar-refractivity contribution < 1.29 is 0 Å². The number of nitrogens with zero attached hydrogens (tertiary/aromatic N) is 1. The van der Waals surface area contributed by atoms with Crippen LogP contribution in [0.15, 0.2) is 24.3 Å². The third-order valence-corrected chi connectivity index (χ3v) is 4.15. The quantitative estimate of drug-likeness (QED) is 0.774. The van der Waals surface area contributed by atoms with Gasteiger partial charge in [-0.2, -0.15) is 0 Å². The molecule has 1 aromatic carbocycles. The zero-order valence-corrected chi connectivity index (χ0v) is 12.3. The van der Waals surface area contributed by atoms with E-state index in [9.17, 15) is 0 Å². The largest absolute Gasteiger partial charge is 0.371 e. The molecule has 1 aliphatic heterocycles. The van der Waals surface area contributed by atoms with E-state index >= 15 is 0 Å². The normalized spacial score (nSPS) is 17.5. The molecule has 0 spiro atoms. The van der Waals surface area contributed by atoms with Crippen LogP contribution in [-0.2, 0) is 0 Å². The van der Waals surface area contributed by atoms with Gasteiger partial charge in [-0.1, -0.05) is 44.4 Å². The number of para-hydroxylation sites is 1. The monoisotopic (exact) mass is 260 g/mol. The summed E-state index contributed by atoms with van der Waals surface area (Å²) >= 11 is 0. The molecule has 2 rings (SSSR count). The van der Waals surface area contributed by atoms with Crippen LogP contribution >= 0.6 is 0 Å². The maximum atomic E-state index is 6.42. The molecular formula is C17H28N2. The van der Waals surface area contributed by atoms with Crippen molar-refractivity contribution in [2.45, 2.75) is 57.9 Å². The molecule has 106 valence electrons. The van der Waals surface area contributed by atoms with Crippen molar-refractivity contribution in [2.75, 3.05) is 18.0 Å². The summed E-state index contributed by atoms with van der Waals surface area (Å²) < 4.78 is 0. The Morgan fingerprint density at radius 2 is 1.84 bits per heavy atom. The van der Waals surface area contributed by atoms with E-state index in [4.69, 9.17) is 5.73 Å². The fraction of sp³-hybridized carbons (Fsp3) is 0.647. The van der Waals surface area contributed by atoms with E-state index in [1.54, 1.807) is 0 Å². The molecule has 0 aliphatic carbocycles. The average molecular weight is 260 g/mol. The molecule has 0 saturated carbocycles. The van der Waals surface area contributed by atoms with E-state index in [2.05, 4.69) is 36.1 Å². The molecule has 19 heavy (non-hydrogen) atoms. The van der Waals surface area contributed by atoms with E-state index in [0.29, 0.717) is 0 Å². The molecule has 0 bridgehead atoms. The average Bonchev–Trinajstić information content (AvgIpc) is 2.48. The van der Waals surface area contributed by atoms with Crippen molar-refractivity contribution in [3.63, 3.8) is 0 Å². The van der Waals surface area contributed by atoms with Gasteiger partial charge in [-0.25, -0.2) is 0 Å². The Bertz CT molecular complexity index is 369. The zero-order valence-electron chi connectivity index (χ0n) is 12.3. The van der Waals surface area contributed by atoms with Gasteiger partial charge in [0.15, 0.2) is 0 Å². The van der Waals surface area contributed by atoms with Gasteiger partial charge in [0.1, 0.15) is 0 Å². The minimum atomic E-state index is 0.199. The fourth-order valence-electron chi connectivity index (χ4n) is 2.99. The number of hydrogen-bond acceptors (Lipinski definition) is 2. The molecule has 1 aliphatic rings. The lowest BCUT2D eigenvalue weighted by molar-refractivity contribution is 0.560. The summed E-state index contributed by atoms with van der Waals surface area (Å²) in [4.78, 5) is 2.53. The molecule has 2 N–H and O–H groups in total. The number of nitrogens with two attached hydrogens (primary N) is 1. The second-order valence-electron chi connectivity index (χ2n) is 5.71. The van der Waals surface area contributed by atoms with Crippen LogP contribution in [0.2, 0.25) is 0 Å². The molecule has 0 amide bonds. The SMILES string of the molecule is CCCCCC(N)c1ccccc1N1CCCCC1. The Morgan fingerprint density at radius 3 is 2.58 bits per heavy atom. The van der Waals surface area contributed by atoms with E-state index in [-0.39, 0.29) is 6.04 Å². The Morgan fingerprint density at radius 1 is 1.11 bits per heavy atom. The second kappa shape index (κ2) is 7.54. The predicted molar refractivity (Wildman–Crippen MR) is 83.6 cm³/mol. The molecule has 2 heteroatoms. The van der Waals surface area contributed by atoms with Crippen LogP contribution < -0.4 is 10.6 Å². The van der Waals surface area contributed by atoms with Crippen LogP contribution in [0.4, 0.5) is 5.69 Å². The van der Waals surface area contributed by atoms with Crippen molar-refractivity contribution in [3.05, 3.63) is 29.8 Å². The number of unbranched alkanes of at least 4 members (excludes halogenated alkanes) is 2. The van der Waals surface area contributed by atoms with Gasteiger partial charge in [0, 0.05) is 24.8 Å². The third-order valence-electron chi connectivity index (χ3n) is 4.15. The molecule has 0 aromatic heterocycles. The van der Waals surface area contributed by atoms with Crippen molar-refractivity contribution in [1.82, 2.24) is 0 Å². The lowest BCUT2D eigenvalue weighted by Gasteiger charge is -2.32. The highest BCUT2D eigenvalue weighted by Crippen LogP contribution is 2.29. The summed E-state index contributed by atoms with van der Waals surface area (Å²) in [5.41, 5.74) is 9.15. The van der Waals surface area contributed by atoms with Crippen LogP contribution in [0.3, 0.4) is 0 Å². The van der Waals surface area contributed by atoms with Crippen LogP contribution in [0.1, 0.15) is 63.5 Å².